The van der Waals surface area contributed by atoms with Gasteiger partial charge in [0, 0.05) is 12.5 Å². The largest absolute Gasteiger partial charge is 0.304 e. The highest BCUT2D eigenvalue weighted by Crippen LogP contribution is 2.02. The lowest BCUT2D eigenvalue weighted by Gasteiger charge is -1.94. The van der Waals surface area contributed by atoms with E-state index in [0.29, 0.717) is 6.04 Å². The highest BCUT2D eigenvalue weighted by Gasteiger charge is 2.16. The Bertz CT molecular complexity index is 58.7. The molecule has 2 unspecified atom stereocenters. The fourth-order valence-electron chi connectivity index (χ4n) is 0.648. The molecule has 0 aliphatic carbocycles. The third kappa shape index (κ3) is 1.12. The second kappa shape index (κ2) is 1.78. The predicted octanol–water partition coefficient (Wildman–Crippen LogP) is -0.415. The Morgan fingerprint density at radius 3 is 2.71 bits per heavy atom. The Morgan fingerprint density at radius 1 is 1.86 bits per heavy atom. The van der Waals surface area contributed by atoms with Crippen molar-refractivity contribution >= 4 is 0 Å². The van der Waals surface area contributed by atoms with E-state index in [0.717, 1.165) is 6.42 Å². The Labute approximate surface area is 42.8 Å². The second-order valence-corrected chi connectivity index (χ2v) is 1.91. The van der Waals surface area contributed by atoms with Crippen molar-refractivity contribution < 1.29 is 4.84 Å². The molecule has 1 fully saturated rings. The summed E-state index contributed by atoms with van der Waals surface area (Å²) < 4.78 is 0. The Kier molecular flexibility index (Phi) is 1.27. The molecule has 3 nitrogen and oxygen atoms in total. The number of nitrogens with two attached hydrogens (primary N) is 1. The molecule has 42 valence electrons. The fraction of sp³-hybridized carbons (Fsp3) is 1.00. The van der Waals surface area contributed by atoms with Gasteiger partial charge in [-0.1, -0.05) is 0 Å². The Balaban J connectivity index is 2.26. The molecule has 0 aromatic carbocycles. The number of hydroxylamine groups is 1. The highest BCUT2D eigenvalue weighted by molar-refractivity contribution is 4.64. The molecule has 0 bridgehead atoms. The van der Waals surface area contributed by atoms with E-state index in [1.165, 1.54) is 0 Å². The Morgan fingerprint density at radius 2 is 2.57 bits per heavy atom. The highest BCUT2D eigenvalue weighted by atomic mass is 16.7. The first-order valence-electron chi connectivity index (χ1n) is 2.46. The molecule has 0 radical (unpaired) electrons. The predicted molar refractivity (Wildman–Crippen MR) is 26.3 cm³/mol. The molecule has 0 aromatic heterocycles. The smallest absolute Gasteiger partial charge is 0.128 e. The summed E-state index contributed by atoms with van der Waals surface area (Å²) in [4.78, 5) is 4.79. The van der Waals surface area contributed by atoms with Gasteiger partial charge in [0.2, 0.25) is 0 Å². The molecule has 0 amide bonds. The Hall–Kier alpha value is -0.120. The van der Waals surface area contributed by atoms with Gasteiger partial charge >= 0.3 is 0 Å². The van der Waals surface area contributed by atoms with Gasteiger partial charge in [0.05, 0.1) is 0 Å². The summed E-state index contributed by atoms with van der Waals surface area (Å²) in [6, 6.07) is 0.426. The number of nitrogens with one attached hydrogen (secondary N) is 1. The van der Waals surface area contributed by atoms with Gasteiger partial charge in [-0.2, -0.15) is 5.48 Å². The van der Waals surface area contributed by atoms with E-state index in [4.69, 9.17) is 10.6 Å². The third-order valence-electron chi connectivity index (χ3n) is 1.01. The summed E-state index contributed by atoms with van der Waals surface area (Å²) in [5, 5.41) is 0. The van der Waals surface area contributed by atoms with Gasteiger partial charge in [0.15, 0.2) is 0 Å². The van der Waals surface area contributed by atoms with Gasteiger partial charge < -0.3 is 5.73 Å². The van der Waals surface area contributed by atoms with Crippen LogP contribution in [0.4, 0.5) is 0 Å². The van der Waals surface area contributed by atoms with Gasteiger partial charge in [-0.25, -0.2) is 0 Å². The molecule has 3 heteroatoms. The molecule has 1 rings (SSSR count). The van der Waals surface area contributed by atoms with E-state index in [1.54, 1.807) is 0 Å². The minimum atomic E-state index is -0.0880. The van der Waals surface area contributed by atoms with Crippen molar-refractivity contribution in [2.45, 2.75) is 25.6 Å². The molecule has 0 spiro atoms. The molecule has 2 atom stereocenters. The number of hydrogen-bond acceptors (Lipinski definition) is 3. The van der Waals surface area contributed by atoms with Crippen LogP contribution in [-0.2, 0) is 4.84 Å². The van der Waals surface area contributed by atoms with Crippen LogP contribution >= 0.6 is 0 Å². The molecule has 0 aromatic rings. The van der Waals surface area contributed by atoms with Gasteiger partial charge in [0.1, 0.15) is 6.23 Å². The lowest BCUT2D eigenvalue weighted by atomic mass is 10.2. The first-order valence-corrected chi connectivity index (χ1v) is 2.46. The summed E-state index contributed by atoms with van der Waals surface area (Å²) in [5.41, 5.74) is 8.08. The normalized spacial score (nSPS) is 42.0. The summed E-state index contributed by atoms with van der Waals surface area (Å²) in [7, 11) is 0. The van der Waals surface area contributed by atoms with Gasteiger partial charge in [-0.15, -0.1) is 0 Å². The van der Waals surface area contributed by atoms with Crippen LogP contribution in [0.1, 0.15) is 13.3 Å². The van der Waals surface area contributed by atoms with E-state index < -0.39 is 0 Å². The van der Waals surface area contributed by atoms with Crippen molar-refractivity contribution in [1.29, 1.82) is 0 Å². The zero-order valence-electron chi connectivity index (χ0n) is 4.35. The fourth-order valence-corrected chi connectivity index (χ4v) is 0.648. The molecule has 3 N–H and O–H groups in total. The SMILES string of the molecule is CC1CC(N)ON1. The van der Waals surface area contributed by atoms with Gasteiger partial charge in [0.25, 0.3) is 0 Å². The average molecular weight is 102 g/mol. The molecule has 7 heavy (non-hydrogen) atoms. The average Bonchev–Trinajstić information content (AvgIpc) is 1.87. The molecule has 1 aliphatic rings. The van der Waals surface area contributed by atoms with Crippen molar-refractivity contribution in [1.82, 2.24) is 5.48 Å². The van der Waals surface area contributed by atoms with E-state index in [-0.39, 0.29) is 6.23 Å². The maximum atomic E-state index is 5.34. The van der Waals surface area contributed by atoms with E-state index in [9.17, 15) is 0 Å². The van der Waals surface area contributed by atoms with Crippen molar-refractivity contribution in [3.05, 3.63) is 0 Å². The van der Waals surface area contributed by atoms with Crippen LogP contribution in [0, 0.1) is 0 Å². The van der Waals surface area contributed by atoms with E-state index in [1.807, 2.05) is 6.92 Å². The molecular weight excluding hydrogens is 92.1 g/mol. The van der Waals surface area contributed by atoms with E-state index in [2.05, 4.69) is 5.48 Å². The van der Waals surface area contributed by atoms with Crippen LogP contribution < -0.4 is 11.2 Å². The molecule has 1 aliphatic heterocycles. The summed E-state index contributed by atoms with van der Waals surface area (Å²) in [5.74, 6) is 0. The van der Waals surface area contributed by atoms with Crippen LogP contribution in [0.2, 0.25) is 0 Å². The topological polar surface area (TPSA) is 47.3 Å². The standard InChI is InChI=1S/C4H10N2O/c1-3-2-4(5)7-6-3/h3-4,6H,2,5H2,1H3. The second-order valence-electron chi connectivity index (χ2n) is 1.91. The molecule has 1 heterocycles. The molecule has 1 saturated heterocycles. The first-order chi connectivity index (χ1) is 3.29. The quantitative estimate of drug-likeness (QED) is 0.437. The van der Waals surface area contributed by atoms with Gasteiger partial charge in [-0.3, -0.25) is 4.84 Å². The number of rotatable bonds is 0. The van der Waals surface area contributed by atoms with Crippen LogP contribution in [-0.4, -0.2) is 12.3 Å². The van der Waals surface area contributed by atoms with Crippen molar-refractivity contribution in [2.24, 2.45) is 5.73 Å². The van der Waals surface area contributed by atoms with Crippen molar-refractivity contribution in [2.75, 3.05) is 0 Å². The summed E-state index contributed by atoms with van der Waals surface area (Å²) in [6.45, 7) is 2.03. The molecule has 0 saturated carbocycles. The van der Waals surface area contributed by atoms with Gasteiger partial charge in [-0.05, 0) is 6.92 Å². The maximum absolute atomic E-state index is 5.34. The summed E-state index contributed by atoms with van der Waals surface area (Å²) >= 11 is 0. The first kappa shape index (κ1) is 5.03. The number of hydrogen-bond donors (Lipinski definition) is 2. The van der Waals surface area contributed by atoms with Crippen molar-refractivity contribution in [3.8, 4) is 0 Å². The van der Waals surface area contributed by atoms with E-state index >= 15 is 0 Å². The van der Waals surface area contributed by atoms with Crippen LogP contribution in [0.3, 0.4) is 0 Å². The monoisotopic (exact) mass is 102 g/mol. The zero-order valence-corrected chi connectivity index (χ0v) is 4.35. The van der Waals surface area contributed by atoms with Crippen LogP contribution in [0.5, 0.6) is 0 Å². The lowest BCUT2D eigenvalue weighted by molar-refractivity contribution is 0.0316. The summed E-state index contributed by atoms with van der Waals surface area (Å²) in [6.07, 6.45) is 0.829. The molecular formula is C4H10N2O. The third-order valence-corrected chi connectivity index (χ3v) is 1.01. The van der Waals surface area contributed by atoms with Crippen LogP contribution in [0.25, 0.3) is 0 Å². The maximum Gasteiger partial charge on any atom is 0.128 e. The zero-order chi connectivity index (χ0) is 5.28. The lowest BCUT2D eigenvalue weighted by Crippen LogP contribution is -2.19. The van der Waals surface area contributed by atoms with Crippen LogP contribution in [0.15, 0.2) is 0 Å². The van der Waals surface area contributed by atoms with Crippen molar-refractivity contribution in [3.63, 3.8) is 0 Å². The minimum Gasteiger partial charge on any atom is -0.304 e. The minimum absolute atomic E-state index is 0.0880.